The molecule has 72 heavy (non-hydrogen) atoms. The number of aromatic amines is 2. The zero-order valence-corrected chi connectivity index (χ0v) is 45.0. The van der Waals surface area contributed by atoms with Gasteiger partial charge in [-0.3, -0.25) is 10.1 Å². The maximum absolute atomic E-state index is 12.0. The Morgan fingerprint density at radius 2 is 0.889 bits per heavy atom. The number of ether oxygens (including phenoxy) is 4. The van der Waals surface area contributed by atoms with Crippen LogP contribution in [0.5, 0.6) is 23.0 Å². The molecule has 2 aliphatic rings. The number of fused-ring (bicyclic) bond motifs is 8. The number of rotatable bonds is 16. The number of nitro groups is 1. The first-order valence-corrected chi connectivity index (χ1v) is 25.9. The minimum atomic E-state index is -0.352. The number of hydrogen-bond acceptors (Lipinski definition) is 9. The molecule has 0 atom stereocenters. The fourth-order valence-electron chi connectivity index (χ4n) is 8.23. The van der Waals surface area contributed by atoms with Crippen LogP contribution < -0.4 is 18.9 Å². The number of aromatic nitrogens is 4. The van der Waals surface area contributed by atoms with E-state index in [0.717, 1.165) is 115 Å². The molecule has 0 unspecified atom stereocenters. The molecule has 0 spiro atoms. The van der Waals surface area contributed by atoms with Gasteiger partial charge >= 0.3 is 5.00 Å². The Labute approximate surface area is 428 Å². The molecule has 8 rings (SSSR count). The van der Waals surface area contributed by atoms with Gasteiger partial charge in [0.05, 0.1) is 54.1 Å². The predicted molar refractivity (Wildman–Crippen MR) is 298 cm³/mol. The predicted octanol–water partition coefficient (Wildman–Crippen LogP) is 16.9. The van der Waals surface area contributed by atoms with Crippen molar-refractivity contribution in [3.8, 4) is 55.7 Å². The van der Waals surface area contributed by atoms with Gasteiger partial charge in [-0.2, -0.15) is 0 Å². The van der Waals surface area contributed by atoms with Gasteiger partial charge in [-0.05, 0) is 143 Å². The minimum Gasteiger partial charge on any atom is -0.493 e. The first kappa shape index (κ1) is 51.7. The van der Waals surface area contributed by atoms with Crippen molar-refractivity contribution >= 4 is 62.7 Å². The van der Waals surface area contributed by atoms with Crippen LogP contribution in [0.2, 0.25) is 0 Å². The van der Waals surface area contributed by atoms with E-state index >= 15 is 0 Å². The van der Waals surface area contributed by atoms with Crippen molar-refractivity contribution in [2.24, 2.45) is 21.7 Å². The molecular weight excluding hydrogens is 919 g/mol. The first-order chi connectivity index (χ1) is 33.9. The van der Waals surface area contributed by atoms with Crippen LogP contribution in [-0.2, 0) is 0 Å². The van der Waals surface area contributed by atoms with Crippen molar-refractivity contribution in [1.29, 1.82) is 0 Å². The largest absolute Gasteiger partial charge is 0.493 e. The van der Waals surface area contributed by atoms with Crippen LogP contribution in [0.25, 0.3) is 79.1 Å². The summed E-state index contributed by atoms with van der Waals surface area (Å²) in [4.78, 5) is 30.5. The average Bonchev–Trinajstić information content (AvgIpc) is 4.13. The second-order valence-corrected chi connectivity index (χ2v) is 24.8. The molecule has 8 bridgehead atoms. The monoisotopic (exact) mass is 990 g/mol. The second kappa shape index (κ2) is 20.8. The van der Waals surface area contributed by atoms with Crippen LogP contribution in [0, 0.1) is 31.8 Å². The number of thiophene rings is 1. The Morgan fingerprint density at radius 3 is 1.32 bits per heavy atom. The molecule has 0 radical (unpaired) electrons. The lowest BCUT2D eigenvalue weighted by Gasteiger charge is -2.20. The molecule has 2 aromatic carbocycles. The minimum absolute atomic E-state index is 0.0503. The molecule has 0 saturated carbocycles. The normalized spacial score (nSPS) is 12.9. The van der Waals surface area contributed by atoms with Crippen molar-refractivity contribution in [2.75, 3.05) is 26.4 Å². The van der Waals surface area contributed by atoms with E-state index in [9.17, 15) is 10.1 Å². The van der Waals surface area contributed by atoms with Crippen molar-refractivity contribution < 1.29 is 23.9 Å². The maximum Gasteiger partial charge on any atom is 0.324 e. The summed E-state index contributed by atoms with van der Waals surface area (Å²) in [6.45, 7) is 28.8. The number of nitrogens with one attached hydrogen (secondary N) is 2. The smallest absolute Gasteiger partial charge is 0.324 e. The van der Waals surface area contributed by atoms with Gasteiger partial charge in [0, 0.05) is 61.8 Å². The molecule has 0 saturated heterocycles. The van der Waals surface area contributed by atoms with E-state index in [1.807, 2.05) is 48.6 Å². The van der Waals surface area contributed by atoms with Crippen LogP contribution in [0.1, 0.15) is 132 Å². The summed E-state index contributed by atoms with van der Waals surface area (Å²) < 4.78 is 26.2. The molecule has 4 aromatic heterocycles. The number of H-pyrrole nitrogens is 2. The summed E-state index contributed by atoms with van der Waals surface area (Å²) in [5, 5.41) is 12.1. The zero-order chi connectivity index (χ0) is 51.6. The van der Waals surface area contributed by atoms with Gasteiger partial charge in [-0.1, -0.05) is 94.4 Å². The molecule has 0 aliphatic carbocycles. The Balaban J connectivity index is 1.42. The summed E-state index contributed by atoms with van der Waals surface area (Å²) in [6.07, 6.45) is 11.6. The Hall–Kier alpha value is -6.66. The average molecular weight is 990 g/mol. The van der Waals surface area contributed by atoms with E-state index in [4.69, 9.17) is 28.9 Å². The molecule has 11 nitrogen and oxygen atoms in total. The zero-order valence-electron chi connectivity index (χ0n) is 44.2. The molecule has 0 amide bonds. The molecule has 2 N–H and O–H groups in total. The molecule has 378 valence electrons. The lowest BCUT2D eigenvalue weighted by atomic mass is 9.93. The van der Waals surface area contributed by atoms with E-state index in [2.05, 4.69) is 136 Å². The first-order valence-electron chi connectivity index (χ1n) is 25.1. The molecule has 12 heteroatoms. The number of benzene rings is 2. The van der Waals surface area contributed by atoms with Gasteiger partial charge in [0.2, 0.25) is 0 Å². The van der Waals surface area contributed by atoms with Gasteiger partial charge in [-0.15, -0.1) is 0 Å². The highest BCUT2D eigenvalue weighted by molar-refractivity contribution is 7.18. The fourth-order valence-corrected chi connectivity index (χ4v) is 9.12. The second-order valence-electron chi connectivity index (χ2n) is 23.8. The molecular formula is C60H71N5O6S. The van der Waals surface area contributed by atoms with E-state index in [1.165, 1.54) is 0 Å². The lowest BCUT2D eigenvalue weighted by Crippen LogP contribution is -2.12. The number of nitrogens with zero attached hydrogens (tertiary/aromatic N) is 3. The van der Waals surface area contributed by atoms with E-state index in [1.54, 1.807) is 12.1 Å². The summed E-state index contributed by atoms with van der Waals surface area (Å²) in [5.74, 6) is 2.82. The van der Waals surface area contributed by atoms with Gasteiger partial charge in [0.25, 0.3) is 0 Å². The number of hydrogen-bond donors (Lipinski definition) is 2. The summed E-state index contributed by atoms with van der Waals surface area (Å²) in [7, 11) is 0. The topological polar surface area (TPSA) is 137 Å². The van der Waals surface area contributed by atoms with Crippen molar-refractivity contribution in [2.45, 2.75) is 109 Å². The van der Waals surface area contributed by atoms with Gasteiger partial charge in [0.1, 0.15) is 23.0 Å². The van der Waals surface area contributed by atoms with Crippen molar-refractivity contribution in [3.63, 3.8) is 0 Å². The van der Waals surface area contributed by atoms with E-state index < -0.39 is 0 Å². The summed E-state index contributed by atoms with van der Waals surface area (Å²) in [6, 6.07) is 25.8. The van der Waals surface area contributed by atoms with Crippen LogP contribution in [0.15, 0.2) is 78.9 Å². The highest BCUT2D eigenvalue weighted by Crippen LogP contribution is 2.42. The van der Waals surface area contributed by atoms with Gasteiger partial charge in [-0.25, -0.2) is 9.97 Å². The van der Waals surface area contributed by atoms with Gasteiger partial charge < -0.3 is 28.9 Å². The molecule has 6 heterocycles. The molecule has 6 aromatic rings. The van der Waals surface area contributed by atoms with Crippen molar-refractivity contribution in [3.05, 3.63) is 112 Å². The highest BCUT2D eigenvalue weighted by atomic mass is 32.1. The third kappa shape index (κ3) is 13.6. The lowest BCUT2D eigenvalue weighted by molar-refractivity contribution is -0.380. The maximum atomic E-state index is 12.0. The van der Waals surface area contributed by atoms with Crippen molar-refractivity contribution in [1.82, 2.24) is 19.9 Å². The standard InChI is InChI=1S/C60H71N5O6S/c1-57(2,3)23-27-68-42-31-38(32-43(36-42)69-28-24-58(4,5)6)54-46-15-13-40(61-46)35-41-14-16-50(62-41)56(52-21-22-53(72-52)65(66)67)51-20-19-49(64-51)55(48-18-17-47(54)63-48)39-33-44(70-29-25-59(7,8)9)37-45(34-39)71-30-26-60(10,11)12/h13-22,31-37,61,64H,23-30H2,1-12H3. The van der Waals surface area contributed by atoms with Crippen LogP contribution in [0.3, 0.4) is 0 Å². The van der Waals surface area contributed by atoms with Crippen LogP contribution in [0.4, 0.5) is 5.00 Å². The van der Waals surface area contributed by atoms with E-state index in [-0.39, 0.29) is 31.6 Å². The molecule has 0 fully saturated rings. The van der Waals surface area contributed by atoms with Crippen LogP contribution in [-0.4, -0.2) is 51.3 Å². The van der Waals surface area contributed by atoms with Crippen LogP contribution >= 0.6 is 11.3 Å². The van der Waals surface area contributed by atoms with Gasteiger partial charge in [0.15, 0.2) is 0 Å². The quantitative estimate of drug-likeness (QED) is 0.0721. The fraction of sp³-hybridized carbons (Fsp3) is 0.400. The highest BCUT2D eigenvalue weighted by Gasteiger charge is 2.22. The molecule has 2 aliphatic heterocycles. The Morgan fingerprint density at radius 1 is 0.486 bits per heavy atom. The van der Waals surface area contributed by atoms with E-state index in [0.29, 0.717) is 48.5 Å². The third-order valence-electron chi connectivity index (χ3n) is 12.4. The Bertz CT molecular complexity index is 3100. The summed E-state index contributed by atoms with van der Waals surface area (Å²) >= 11 is 1.12. The third-order valence-corrected chi connectivity index (χ3v) is 13.5. The Kier molecular flexibility index (Phi) is 14.9. The SMILES string of the molecule is CC(C)(C)CCOc1cc(OCCC(C)(C)C)cc(-c2c3nc(c(-c4cc(OCCC(C)(C)C)cc(OCCC(C)(C)C)c4)c4ccc([nH]4)c(-c4ccc([N+](=O)[O-])s4)c4nc(cc5ccc2[nH]5)C=C4)C=C3)c1. The summed E-state index contributed by atoms with van der Waals surface area (Å²) in [5.41, 5.74) is 10.6.